The van der Waals surface area contributed by atoms with Gasteiger partial charge in [0.2, 0.25) is 5.88 Å². The number of rotatable bonds is 4. The third-order valence-corrected chi connectivity index (χ3v) is 3.72. The van der Waals surface area contributed by atoms with Crippen molar-refractivity contribution in [2.24, 2.45) is 0 Å². The molecule has 6 nitrogen and oxygen atoms in total. The molecule has 0 fully saturated rings. The summed E-state index contributed by atoms with van der Waals surface area (Å²) in [5, 5.41) is 4.08. The van der Waals surface area contributed by atoms with Crippen LogP contribution in [0.15, 0.2) is 41.2 Å². The molecule has 1 aromatic carbocycles. The number of nitrogens with one attached hydrogen (secondary N) is 2. The summed E-state index contributed by atoms with van der Waals surface area (Å²) in [5.74, 6) is 0.956. The van der Waals surface area contributed by atoms with Crippen molar-refractivity contribution < 1.29 is 4.74 Å². The Morgan fingerprint density at radius 3 is 2.91 bits per heavy atom. The van der Waals surface area contributed by atoms with Crippen molar-refractivity contribution >= 4 is 22.4 Å². The molecule has 0 saturated heterocycles. The van der Waals surface area contributed by atoms with Crippen molar-refractivity contribution in [2.75, 3.05) is 18.2 Å². The fraction of sp³-hybridized carbons (Fsp3) is 0.176. The number of aryl methyl sites for hydroxylation is 1. The van der Waals surface area contributed by atoms with E-state index in [4.69, 9.17) is 10.5 Å². The molecule has 4 N–H and O–H groups in total. The Morgan fingerprint density at radius 2 is 2.13 bits per heavy atom. The van der Waals surface area contributed by atoms with E-state index in [9.17, 15) is 4.79 Å². The maximum Gasteiger partial charge on any atom is 0.253 e. The fourth-order valence-corrected chi connectivity index (χ4v) is 2.45. The van der Waals surface area contributed by atoms with Gasteiger partial charge in [0.1, 0.15) is 0 Å². The molecule has 2 aromatic heterocycles. The van der Waals surface area contributed by atoms with Gasteiger partial charge in [0.05, 0.1) is 18.3 Å². The van der Waals surface area contributed by atoms with E-state index < -0.39 is 0 Å². The van der Waals surface area contributed by atoms with Gasteiger partial charge in [-0.1, -0.05) is 18.2 Å². The van der Waals surface area contributed by atoms with Crippen molar-refractivity contribution in [3.05, 3.63) is 57.9 Å². The van der Waals surface area contributed by atoms with Gasteiger partial charge in [0.25, 0.3) is 5.56 Å². The highest BCUT2D eigenvalue weighted by Gasteiger charge is 2.07. The topological polar surface area (TPSA) is 93.0 Å². The largest absolute Gasteiger partial charge is 0.481 e. The first-order valence-electron chi connectivity index (χ1n) is 7.24. The lowest BCUT2D eigenvalue weighted by atomic mass is 10.1. The second-order valence-electron chi connectivity index (χ2n) is 5.31. The molecule has 2 heterocycles. The summed E-state index contributed by atoms with van der Waals surface area (Å²) in [5.41, 5.74) is 8.78. The van der Waals surface area contributed by atoms with E-state index in [0.717, 1.165) is 16.5 Å². The molecule has 3 rings (SSSR count). The monoisotopic (exact) mass is 310 g/mol. The van der Waals surface area contributed by atoms with Crippen LogP contribution in [0.1, 0.15) is 11.1 Å². The first-order valence-corrected chi connectivity index (χ1v) is 7.24. The summed E-state index contributed by atoms with van der Waals surface area (Å²) >= 11 is 0. The number of fused-ring (bicyclic) bond motifs is 1. The van der Waals surface area contributed by atoms with Gasteiger partial charge < -0.3 is 20.8 Å². The minimum absolute atomic E-state index is 0.124. The molecule has 118 valence electrons. The Labute approximate surface area is 133 Å². The lowest BCUT2D eigenvalue weighted by Gasteiger charge is -2.10. The van der Waals surface area contributed by atoms with Gasteiger partial charge in [-0.25, -0.2) is 0 Å². The predicted octanol–water partition coefficient (Wildman–Crippen LogP) is 2.43. The van der Waals surface area contributed by atoms with Gasteiger partial charge in [-0.05, 0) is 30.0 Å². The van der Waals surface area contributed by atoms with E-state index in [1.165, 1.54) is 0 Å². The Bertz CT molecular complexity index is 918. The molecule has 0 bridgehead atoms. The number of hydrogen-bond donors (Lipinski definition) is 3. The number of benzene rings is 1. The van der Waals surface area contributed by atoms with E-state index in [-0.39, 0.29) is 5.56 Å². The molecule has 0 spiro atoms. The summed E-state index contributed by atoms with van der Waals surface area (Å²) in [4.78, 5) is 19.4. The number of aromatic amines is 1. The molecule has 0 saturated carbocycles. The van der Waals surface area contributed by atoms with Gasteiger partial charge in [-0.15, -0.1) is 0 Å². The summed E-state index contributed by atoms with van der Waals surface area (Å²) in [6, 6.07) is 11.2. The minimum atomic E-state index is -0.124. The zero-order valence-corrected chi connectivity index (χ0v) is 13.0. The third-order valence-electron chi connectivity index (χ3n) is 3.72. The SMILES string of the molecule is COc1ccc(N)c(NCc2cc3cccc(C)c3[nH]c2=O)n1. The first kappa shape index (κ1) is 14.9. The summed E-state index contributed by atoms with van der Waals surface area (Å²) < 4.78 is 5.08. The highest BCUT2D eigenvalue weighted by atomic mass is 16.5. The number of anilines is 2. The van der Waals surface area contributed by atoms with Crippen molar-refractivity contribution in [2.45, 2.75) is 13.5 Å². The molecule has 23 heavy (non-hydrogen) atoms. The van der Waals surface area contributed by atoms with Crippen molar-refractivity contribution in [1.82, 2.24) is 9.97 Å². The average Bonchev–Trinajstić information content (AvgIpc) is 2.55. The molecule has 0 atom stereocenters. The standard InChI is InChI=1S/C17H18N4O2/c1-10-4-3-5-11-8-12(17(22)21-15(10)11)9-19-16-13(18)6-7-14(20-16)23-2/h3-8H,9,18H2,1-2H3,(H,19,20)(H,21,22). The molecule has 0 radical (unpaired) electrons. The molecule has 0 amide bonds. The van der Waals surface area contributed by atoms with Crippen LogP contribution in [-0.2, 0) is 6.54 Å². The van der Waals surface area contributed by atoms with Crippen LogP contribution < -0.4 is 21.3 Å². The Hall–Kier alpha value is -3.02. The van der Waals surface area contributed by atoms with Gasteiger partial charge in [0.15, 0.2) is 5.82 Å². The smallest absolute Gasteiger partial charge is 0.253 e. The Balaban J connectivity index is 1.90. The van der Waals surface area contributed by atoms with Crippen LogP contribution in [0.3, 0.4) is 0 Å². The van der Waals surface area contributed by atoms with Crippen LogP contribution >= 0.6 is 0 Å². The normalized spacial score (nSPS) is 10.7. The fourth-order valence-electron chi connectivity index (χ4n) is 2.45. The van der Waals surface area contributed by atoms with Crippen LogP contribution in [0, 0.1) is 6.92 Å². The summed E-state index contributed by atoms with van der Waals surface area (Å²) in [6.45, 7) is 2.29. The first-order chi connectivity index (χ1) is 11.1. The molecular formula is C17H18N4O2. The summed E-state index contributed by atoms with van der Waals surface area (Å²) in [7, 11) is 1.54. The van der Waals surface area contributed by atoms with E-state index >= 15 is 0 Å². The van der Waals surface area contributed by atoms with Crippen LogP contribution in [0.2, 0.25) is 0 Å². The number of hydrogen-bond acceptors (Lipinski definition) is 5. The van der Waals surface area contributed by atoms with Crippen molar-refractivity contribution in [1.29, 1.82) is 0 Å². The highest BCUT2D eigenvalue weighted by Crippen LogP contribution is 2.20. The lowest BCUT2D eigenvalue weighted by Crippen LogP contribution is -2.16. The molecule has 0 aliphatic heterocycles. The molecular weight excluding hydrogens is 292 g/mol. The number of methoxy groups -OCH3 is 1. The van der Waals surface area contributed by atoms with Crippen LogP contribution in [0.4, 0.5) is 11.5 Å². The van der Waals surface area contributed by atoms with Gasteiger partial charge in [-0.3, -0.25) is 4.79 Å². The van der Waals surface area contributed by atoms with Crippen molar-refractivity contribution in [3.63, 3.8) is 0 Å². The quantitative estimate of drug-likeness (QED) is 0.688. The summed E-state index contributed by atoms with van der Waals surface area (Å²) in [6.07, 6.45) is 0. The number of pyridine rings is 2. The lowest BCUT2D eigenvalue weighted by molar-refractivity contribution is 0.398. The molecule has 3 aromatic rings. The van der Waals surface area contributed by atoms with E-state index in [1.54, 1.807) is 19.2 Å². The number of nitrogens with two attached hydrogens (primary N) is 1. The minimum Gasteiger partial charge on any atom is -0.481 e. The maximum absolute atomic E-state index is 12.2. The maximum atomic E-state index is 12.2. The zero-order chi connectivity index (χ0) is 16.4. The number of nitrogen functional groups attached to an aromatic ring is 1. The number of ether oxygens (including phenoxy) is 1. The van der Waals surface area contributed by atoms with Crippen LogP contribution in [0.5, 0.6) is 5.88 Å². The van der Waals surface area contributed by atoms with Crippen LogP contribution in [-0.4, -0.2) is 17.1 Å². The molecule has 0 aliphatic rings. The number of H-pyrrole nitrogens is 1. The van der Waals surface area contributed by atoms with Crippen LogP contribution in [0.25, 0.3) is 10.9 Å². The second kappa shape index (κ2) is 6.00. The Morgan fingerprint density at radius 1 is 1.30 bits per heavy atom. The van der Waals surface area contributed by atoms with E-state index in [2.05, 4.69) is 15.3 Å². The predicted molar refractivity (Wildman–Crippen MR) is 91.8 cm³/mol. The van der Waals surface area contributed by atoms with E-state index in [1.807, 2.05) is 31.2 Å². The average molecular weight is 310 g/mol. The molecule has 6 heteroatoms. The third kappa shape index (κ3) is 2.96. The van der Waals surface area contributed by atoms with Crippen molar-refractivity contribution in [3.8, 4) is 5.88 Å². The Kier molecular flexibility index (Phi) is 3.89. The van der Waals surface area contributed by atoms with Gasteiger partial charge >= 0.3 is 0 Å². The van der Waals surface area contributed by atoms with Gasteiger partial charge in [-0.2, -0.15) is 4.98 Å². The second-order valence-corrected chi connectivity index (χ2v) is 5.31. The number of para-hydroxylation sites is 1. The number of aromatic nitrogens is 2. The molecule has 0 unspecified atom stereocenters. The zero-order valence-electron chi connectivity index (χ0n) is 13.0. The van der Waals surface area contributed by atoms with E-state index in [0.29, 0.717) is 29.5 Å². The van der Waals surface area contributed by atoms with Gasteiger partial charge in [0, 0.05) is 18.2 Å². The molecule has 0 aliphatic carbocycles. The number of nitrogens with zero attached hydrogens (tertiary/aromatic N) is 1. The highest BCUT2D eigenvalue weighted by molar-refractivity contribution is 5.82.